The lowest BCUT2D eigenvalue weighted by Crippen LogP contribution is -2.22. The van der Waals surface area contributed by atoms with E-state index in [0.29, 0.717) is 10.0 Å². The summed E-state index contributed by atoms with van der Waals surface area (Å²) in [6.45, 7) is 2.96. The van der Waals surface area contributed by atoms with Crippen LogP contribution in [0.4, 0.5) is 0 Å². The van der Waals surface area contributed by atoms with Crippen molar-refractivity contribution in [2.45, 2.75) is 17.9 Å². The largest absolute Gasteiger partial charge is 0.306 e. The van der Waals surface area contributed by atoms with Gasteiger partial charge in [-0.1, -0.05) is 48.3 Å². The van der Waals surface area contributed by atoms with Crippen molar-refractivity contribution in [2.75, 3.05) is 12.8 Å². The second-order valence-corrected chi connectivity index (χ2v) is 6.15. The molecule has 0 radical (unpaired) electrons. The Morgan fingerprint density at radius 3 is 2.35 bits per heavy atom. The number of thioether (sulfide) groups is 1. The molecule has 0 amide bonds. The van der Waals surface area contributed by atoms with Gasteiger partial charge in [0.05, 0.1) is 6.04 Å². The molecule has 2 aromatic rings. The minimum absolute atomic E-state index is 0.0840. The first-order valence-corrected chi connectivity index (χ1v) is 8.46. The minimum atomic E-state index is 0.0840. The Balaban J connectivity index is 2.38. The van der Waals surface area contributed by atoms with Gasteiger partial charge in [0.2, 0.25) is 0 Å². The van der Waals surface area contributed by atoms with Crippen molar-refractivity contribution < 1.29 is 0 Å². The quantitative estimate of drug-likeness (QED) is 0.737. The molecule has 0 bridgehead atoms. The third-order valence-corrected chi connectivity index (χ3v) is 4.44. The van der Waals surface area contributed by atoms with E-state index in [1.54, 1.807) is 17.8 Å². The van der Waals surface area contributed by atoms with E-state index in [4.69, 9.17) is 23.2 Å². The molecular formula is C16H17Cl2NS. The lowest BCUT2D eigenvalue weighted by Gasteiger charge is -2.20. The molecule has 0 aliphatic rings. The van der Waals surface area contributed by atoms with Crippen LogP contribution < -0.4 is 5.32 Å². The Bertz CT molecular complexity index is 569. The number of nitrogens with one attached hydrogen (secondary N) is 1. The molecule has 2 aromatic carbocycles. The third kappa shape index (κ3) is 3.70. The fraction of sp³-hybridized carbons (Fsp3) is 0.250. The van der Waals surface area contributed by atoms with E-state index in [0.717, 1.165) is 12.1 Å². The molecule has 2 rings (SSSR count). The molecule has 20 heavy (non-hydrogen) atoms. The highest BCUT2D eigenvalue weighted by Gasteiger charge is 2.16. The average molecular weight is 326 g/mol. The summed E-state index contributed by atoms with van der Waals surface area (Å²) in [6, 6.07) is 14.3. The van der Waals surface area contributed by atoms with Gasteiger partial charge in [-0.2, -0.15) is 0 Å². The maximum Gasteiger partial charge on any atom is 0.0591 e. The lowest BCUT2D eigenvalue weighted by molar-refractivity contribution is 0.630. The van der Waals surface area contributed by atoms with Crippen LogP contribution in [0.15, 0.2) is 47.4 Å². The van der Waals surface area contributed by atoms with Gasteiger partial charge in [-0.3, -0.25) is 0 Å². The van der Waals surface area contributed by atoms with Crippen molar-refractivity contribution in [3.63, 3.8) is 0 Å². The van der Waals surface area contributed by atoms with E-state index in [2.05, 4.69) is 42.8 Å². The fourth-order valence-corrected chi connectivity index (χ4v) is 3.07. The molecular weight excluding hydrogens is 309 g/mol. The van der Waals surface area contributed by atoms with Crippen LogP contribution in [0, 0.1) is 0 Å². The predicted molar refractivity (Wildman–Crippen MR) is 90.2 cm³/mol. The van der Waals surface area contributed by atoms with E-state index in [1.807, 2.05) is 12.1 Å². The molecule has 0 saturated heterocycles. The molecule has 4 heteroatoms. The molecule has 1 atom stereocenters. The van der Waals surface area contributed by atoms with E-state index in [-0.39, 0.29) is 6.04 Å². The Morgan fingerprint density at radius 1 is 1.10 bits per heavy atom. The van der Waals surface area contributed by atoms with Gasteiger partial charge in [0.25, 0.3) is 0 Å². The van der Waals surface area contributed by atoms with Gasteiger partial charge in [0.15, 0.2) is 0 Å². The molecule has 106 valence electrons. The monoisotopic (exact) mass is 325 g/mol. The van der Waals surface area contributed by atoms with Gasteiger partial charge >= 0.3 is 0 Å². The molecule has 0 aliphatic carbocycles. The molecule has 0 aromatic heterocycles. The zero-order valence-corrected chi connectivity index (χ0v) is 13.8. The third-order valence-electron chi connectivity index (χ3n) is 3.13. The summed E-state index contributed by atoms with van der Waals surface area (Å²) in [5.74, 6) is 0. The molecule has 1 unspecified atom stereocenters. The maximum atomic E-state index is 6.34. The van der Waals surface area contributed by atoms with Crippen LogP contribution in [0.1, 0.15) is 24.1 Å². The summed E-state index contributed by atoms with van der Waals surface area (Å²) in [4.78, 5) is 1.26. The van der Waals surface area contributed by atoms with Crippen LogP contribution in [0.25, 0.3) is 0 Å². The van der Waals surface area contributed by atoms with Crippen molar-refractivity contribution >= 4 is 35.0 Å². The second-order valence-electron chi connectivity index (χ2n) is 4.43. The van der Waals surface area contributed by atoms with Gasteiger partial charge in [-0.15, -0.1) is 11.8 Å². The summed E-state index contributed by atoms with van der Waals surface area (Å²) < 4.78 is 0. The van der Waals surface area contributed by atoms with Gasteiger partial charge in [0, 0.05) is 14.9 Å². The van der Waals surface area contributed by atoms with E-state index in [9.17, 15) is 0 Å². The molecule has 0 aliphatic heterocycles. The van der Waals surface area contributed by atoms with E-state index >= 15 is 0 Å². The van der Waals surface area contributed by atoms with Crippen molar-refractivity contribution in [1.82, 2.24) is 5.32 Å². The Hall–Kier alpha value is -0.670. The number of hydrogen-bond donors (Lipinski definition) is 1. The second kappa shape index (κ2) is 7.37. The van der Waals surface area contributed by atoms with Crippen molar-refractivity contribution in [1.29, 1.82) is 0 Å². The first-order valence-electron chi connectivity index (χ1n) is 6.48. The number of halogens is 2. The normalized spacial score (nSPS) is 12.4. The Labute approximate surface area is 134 Å². The van der Waals surface area contributed by atoms with E-state index < -0.39 is 0 Å². The van der Waals surface area contributed by atoms with Gasteiger partial charge in [-0.25, -0.2) is 0 Å². The molecule has 0 heterocycles. The lowest BCUT2D eigenvalue weighted by atomic mass is 9.98. The number of rotatable bonds is 5. The van der Waals surface area contributed by atoms with Crippen LogP contribution >= 0.6 is 35.0 Å². The van der Waals surface area contributed by atoms with Gasteiger partial charge in [0.1, 0.15) is 0 Å². The van der Waals surface area contributed by atoms with Crippen LogP contribution in [0.5, 0.6) is 0 Å². The minimum Gasteiger partial charge on any atom is -0.306 e. The first kappa shape index (κ1) is 15.7. The van der Waals surface area contributed by atoms with Crippen LogP contribution in [-0.2, 0) is 0 Å². The molecule has 1 N–H and O–H groups in total. The van der Waals surface area contributed by atoms with Crippen molar-refractivity contribution in [3.05, 3.63) is 63.6 Å². The number of benzene rings is 2. The summed E-state index contributed by atoms with van der Waals surface area (Å²) >= 11 is 14.1. The highest BCUT2D eigenvalue weighted by molar-refractivity contribution is 7.98. The van der Waals surface area contributed by atoms with Crippen LogP contribution in [-0.4, -0.2) is 12.8 Å². The molecule has 0 saturated carbocycles. The zero-order chi connectivity index (χ0) is 14.5. The summed E-state index contributed by atoms with van der Waals surface area (Å²) in [5, 5.41) is 4.83. The zero-order valence-electron chi connectivity index (χ0n) is 11.5. The number of hydrogen-bond acceptors (Lipinski definition) is 2. The van der Waals surface area contributed by atoms with E-state index in [1.165, 1.54) is 10.5 Å². The maximum absolute atomic E-state index is 6.34. The average Bonchev–Trinajstić information content (AvgIpc) is 2.46. The van der Waals surface area contributed by atoms with Gasteiger partial charge in [-0.05, 0) is 48.2 Å². The topological polar surface area (TPSA) is 12.0 Å². The smallest absolute Gasteiger partial charge is 0.0591 e. The summed E-state index contributed by atoms with van der Waals surface area (Å²) in [5.41, 5.74) is 2.25. The van der Waals surface area contributed by atoms with Crippen molar-refractivity contribution in [2.24, 2.45) is 0 Å². The molecule has 1 nitrogen and oxygen atoms in total. The first-order chi connectivity index (χ1) is 9.65. The van der Waals surface area contributed by atoms with Crippen LogP contribution in [0.2, 0.25) is 10.0 Å². The SMILES string of the molecule is CCNC(c1ccc(SC)cc1)c1ccc(Cl)cc1Cl. The molecule has 0 fully saturated rings. The van der Waals surface area contributed by atoms with Crippen LogP contribution in [0.3, 0.4) is 0 Å². The Kier molecular flexibility index (Phi) is 5.79. The Morgan fingerprint density at radius 2 is 1.80 bits per heavy atom. The highest BCUT2D eigenvalue weighted by Crippen LogP contribution is 2.31. The highest BCUT2D eigenvalue weighted by atomic mass is 35.5. The summed E-state index contributed by atoms with van der Waals surface area (Å²) in [6.07, 6.45) is 2.08. The predicted octanol–water partition coefficient (Wildman–Crippen LogP) is 5.41. The van der Waals surface area contributed by atoms with Crippen molar-refractivity contribution in [3.8, 4) is 0 Å². The standard InChI is InChI=1S/C16H17Cl2NS/c1-3-19-16(11-4-7-13(20-2)8-5-11)14-9-6-12(17)10-15(14)18/h4-10,16,19H,3H2,1-2H3. The van der Waals surface area contributed by atoms with Gasteiger partial charge < -0.3 is 5.32 Å². The summed E-state index contributed by atoms with van der Waals surface area (Å²) in [7, 11) is 0. The molecule has 0 spiro atoms. The fourth-order valence-electron chi connectivity index (χ4n) is 2.14.